The fraction of sp³-hybridized carbons (Fsp3) is 0.200. The van der Waals surface area contributed by atoms with E-state index in [0.717, 1.165) is 12.1 Å². The molecule has 1 aromatic heterocycles. The average molecular weight is 413 g/mol. The fourth-order valence-corrected chi connectivity index (χ4v) is 2.68. The van der Waals surface area contributed by atoms with Crippen LogP contribution in [0.25, 0.3) is 16.3 Å². The number of halogens is 3. The molecule has 10 heteroatoms. The van der Waals surface area contributed by atoms with Crippen LogP contribution < -0.4 is 5.32 Å². The lowest BCUT2D eigenvalue weighted by Crippen LogP contribution is -2.23. The van der Waals surface area contributed by atoms with E-state index in [1.807, 2.05) is 6.07 Å². The number of nitriles is 1. The van der Waals surface area contributed by atoms with Crippen LogP contribution in [0.2, 0.25) is 0 Å². The number of rotatable bonds is 5. The van der Waals surface area contributed by atoms with Crippen molar-refractivity contribution in [1.29, 1.82) is 5.26 Å². The molecular weight excluding hydrogens is 399 g/mol. The average Bonchev–Trinajstić information content (AvgIpc) is 3.20. The lowest BCUT2D eigenvalue weighted by Gasteiger charge is -2.20. The van der Waals surface area contributed by atoms with Crippen LogP contribution in [0.5, 0.6) is 0 Å². The van der Waals surface area contributed by atoms with Crippen LogP contribution in [0.15, 0.2) is 46.9 Å². The molecule has 0 saturated carbocycles. The van der Waals surface area contributed by atoms with Gasteiger partial charge in [-0.05, 0) is 43.3 Å². The van der Waals surface area contributed by atoms with Gasteiger partial charge >= 0.3 is 6.18 Å². The highest BCUT2D eigenvalue weighted by atomic mass is 19.4. The molecular formula is C20H14F3N5O2. The summed E-state index contributed by atoms with van der Waals surface area (Å²) in [6.07, 6.45) is -5.79. The van der Waals surface area contributed by atoms with Gasteiger partial charge in [-0.2, -0.15) is 18.4 Å². The van der Waals surface area contributed by atoms with Gasteiger partial charge in [-0.3, -0.25) is 0 Å². The molecule has 0 aliphatic heterocycles. The Kier molecular flexibility index (Phi) is 5.72. The van der Waals surface area contributed by atoms with E-state index in [1.165, 1.54) is 13.0 Å². The topological polar surface area (TPSA) is 99.3 Å². The smallest absolute Gasteiger partial charge is 0.407 e. The second-order valence-electron chi connectivity index (χ2n) is 6.34. The molecule has 2 atom stereocenters. The maximum atomic E-state index is 13.2. The van der Waals surface area contributed by atoms with Gasteiger partial charge in [0.15, 0.2) is 5.69 Å². The van der Waals surface area contributed by atoms with Crippen LogP contribution in [-0.4, -0.2) is 21.4 Å². The Balaban J connectivity index is 1.90. The maximum absolute atomic E-state index is 13.2. The third-order valence-corrected chi connectivity index (χ3v) is 4.19. The Hall–Kier alpha value is -3.89. The van der Waals surface area contributed by atoms with Gasteiger partial charge in [0.1, 0.15) is 6.04 Å². The standard InChI is InChI=1S/C20H14F3N5O2/c1-11(29)17(26-14-7-8-16(25-2)15(9-14)20(21,22)23)19-28-27-18(30-19)13-5-3-12(10-24)4-6-13/h3-9,11,17,26,29H,1H3/t11-,17+/m0/s1. The molecule has 0 saturated heterocycles. The van der Waals surface area contributed by atoms with Gasteiger partial charge in [0.05, 0.1) is 29.9 Å². The molecule has 3 rings (SSSR count). The zero-order valence-electron chi connectivity index (χ0n) is 15.5. The molecule has 30 heavy (non-hydrogen) atoms. The van der Waals surface area contributed by atoms with Crippen molar-refractivity contribution in [3.05, 3.63) is 70.9 Å². The molecule has 0 fully saturated rings. The molecule has 3 aromatic rings. The summed E-state index contributed by atoms with van der Waals surface area (Å²) in [5.74, 6) is 0.0912. The minimum Gasteiger partial charge on any atom is -0.418 e. The number of nitrogens with zero attached hydrogens (tertiary/aromatic N) is 4. The first-order valence-electron chi connectivity index (χ1n) is 8.60. The van der Waals surface area contributed by atoms with E-state index in [0.29, 0.717) is 11.1 Å². The van der Waals surface area contributed by atoms with Crippen molar-refractivity contribution in [2.24, 2.45) is 0 Å². The van der Waals surface area contributed by atoms with Gasteiger partial charge in [-0.25, -0.2) is 4.85 Å². The van der Waals surface area contributed by atoms with E-state index < -0.39 is 29.6 Å². The minimum absolute atomic E-state index is 0.0266. The van der Waals surface area contributed by atoms with Gasteiger partial charge in [-0.1, -0.05) is 6.07 Å². The lowest BCUT2D eigenvalue weighted by molar-refractivity contribution is -0.136. The molecule has 0 bridgehead atoms. The third-order valence-electron chi connectivity index (χ3n) is 4.19. The first kappa shape index (κ1) is 20.8. The van der Waals surface area contributed by atoms with E-state index >= 15 is 0 Å². The highest BCUT2D eigenvalue weighted by Crippen LogP contribution is 2.38. The van der Waals surface area contributed by atoms with Crippen LogP contribution in [0.4, 0.5) is 24.5 Å². The molecule has 2 N–H and O–H groups in total. The van der Waals surface area contributed by atoms with Crippen molar-refractivity contribution in [3.63, 3.8) is 0 Å². The first-order valence-corrected chi connectivity index (χ1v) is 8.60. The molecule has 0 radical (unpaired) electrons. The van der Waals surface area contributed by atoms with Crippen molar-refractivity contribution >= 4 is 11.4 Å². The largest absolute Gasteiger partial charge is 0.418 e. The minimum atomic E-state index is -4.70. The van der Waals surface area contributed by atoms with Crippen molar-refractivity contribution < 1.29 is 22.7 Å². The highest BCUT2D eigenvalue weighted by Gasteiger charge is 2.34. The van der Waals surface area contributed by atoms with Crippen molar-refractivity contribution in [2.75, 3.05) is 5.32 Å². The summed E-state index contributed by atoms with van der Waals surface area (Å²) in [7, 11) is 0. The molecule has 0 spiro atoms. The predicted octanol–water partition coefficient (Wildman–Crippen LogP) is 4.71. The summed E-state index contributed by atoms with van der Waals surface area (Å²) in [6, 6.07) is 10.5. The second kappa shape index (κ2) is 8.23. The monoisotopic (exact) mass is 413 g/mol. The van der Waals surface area contributed by atoms with Crippen molar-refractivity contribution in [3.8, 4) is 17.5 Å². The Morgan fingerprint density at radius 2 is 1.90 bits per heavy atom. The van der Waals surface area contributed by atoms with Crippen molar-refractivity contribution in [1.82, 2.24) is 10.2 Å². The van der Waals surface area contributed by atoms with E-state index in [2.05, 4.69) is 20.4 Å². The molecule has 0 aliphatic carbocycles. The molecule has 0 amide bonds. The summed E-state index contributed by atoms with van der Waals surface area (Å²) < 4.78 is 45.2. The Bertz CT molecular complexity index is 1130. The van der Waals surface area contributed by atoms with Crippen LogP contribution in [0.3, 0.4) is 0 Å². The van der Waals surface area contributed by atoms with Crippen LogP contribution >= 0.6 is 0 Å². The van der Waals surface area contributed by atoms with Gasteiger partial charge in [0.25, 0.3) is 0 Å². The lowest BCUT2D eigenvalue weighted by atomic mass is 10.1. The predicted molar refractivity (Wildman–Crippen MR) is 100 cm³/mol. The molecule has 152 valence electrons. The first-order chi connectivity index (χ1) is 14.2. The van der Waals surface area contributed by atoms with Gasteiger partial charge < -0.3 is 14.8 Å². The zero-order valence-corrected chi connectivity index (χ0v) is 15.5. The summed E-state index contributed by atoms with van der Waals surface area (Å²) in [6.45, 7) is 8.32. The van der Waals surface area contributed by atoms with Crippen LogP contribution in [-0.2, 0) is 6.18 Å². The van der Waals surface area contributed by atoms with Crippen LogP contribution in [0.1, 0.15) is 30.0 Å². The number of anilines is 1. The third kappa shape index (κ3) is 4.40. The number of alkyl halides is 3. The summed E-state index contributed by atoms with van der Waals surface area (Å²) in [5, 5.41) is 29.5. The number of aromatic nitrogens is 2. The number of aliphatic hydroxyl groups excluding tert-OH is 1. The Morgan fingerprint density at radius 1 is 1.20 bits per heavy atom. The zero-order chi connectivity index (χ0) is 21.9. The second-order valence-corrected chi connectivity index (χ2v) is 6.34. The highest BCUT2D eigenvalue weighted by molar-refractivity contribution is 5.62. The molecule has 7 nitrogen and oxygen atoms in total. The summed E-state index contributed by atoms with van der Waals surface area (Å²) >= 11 is 0. The van der Waals surface area contributed by atoms with Gasteiger partial charge in [0, 0.05) is 11.3 Å². The number of benzene rings is 2. The Labute approximate surface area is 169 Å². The van der Waals surface area contributed by atoms with E-state index in [9.17, 15) is 18.3 Å². The summed E-state index contributed by atoms with van der Waals surface area (Å²) in [4.78, 5) is 2.89. The van der Waals surface area contributed by atoms with Crippen molar-refractivity contribution in [2.45, 2.75) is 25.2 Å². The van der Waals surface area contributed by atoms with Gasteiger partial charge in [-0.15, -0.1) is 10.2 Å². The van der Waals surface area contributed by atoms with E-state index in [1.54, 1.807) is 24.3 Å². The number of hydrogen-bond acceptors (Lipinski definition) is 6. The number of hydrogen-bond donors (Lipinski definition) is 2. The fourth-order valence-electron chi connectivity index (χ4n) is 2.68. The normalized spacial score (nSPS) is 13.2. The number of aliphatic hydroxyl groups is 1. The van der Waals surface area contributed by atoms with Crippen LogP contribution in [0, 0.1) is 17.9 Å². The Morgan fingerprint density at radius 3 is 2.47 bits per heavy atom. The molecule has 0 aliphatic rings. The van der Waals surface area contributed by atoms with E-state index in [4.69, 9.17) is 16.3 Å². The molecule has 2 aromatic carbocycles. The quantitative estimate of drug-likeness (QED) is 0.588. The van der Waals surface area contributed by atoms with Gasteiger partial charge in [0.2, 0.25) is 11.8 Å². The summed E-state index contributed by atoms with van der Waals surface area (Å²) in [5.41, 5.74) is -0.597. The molecule has 1 heterocycles. The SMILES string of the molecule is [C-]#[N+]c1ccc(N[C@@H](c2nnc(-c3ccc(C#N)cc3)o2)[C@H](C)O)cc1C(F)(F)F. The van der Waals surface area contributed by atoms with E-state index in [-0.39, 0.29) is 17.5 Å². The molecule has 0 unspecified atom stereocenters. The maximum Gasteiger partial charge on any atom is 0.407 e. The number of nitrogens with one attached hydrogen (secondary N) is 1.